The molecule has 2 heterocycles. The van der Waals surface area contributed by atoms with Gasteiger partial charge in [0.25, 0.3) is 0 Å². The molecule has 10 nitrogen and oxygen atoms in total. The Morgan fingerprint density at radius 2 is 1.98 bits per heavy atom. The van der Waals surface area contributed by atoms with Crippen molar-refractivity contribution in [1.82, 2.24) is 25.4 Å². The number of likely N-dealkylation sites (N-methyl/N-ethyl adjacent to an activating group) is 1. The summed E-state index contributed by atoms with van der Waals surface area (Å²) in [5.41, 5.74) is 9.94. The number of H-pyrrole nitrogens is 1. The van der Waals surface area contributed by atoms with Crippen LogP contribution in [0.1, 0.15) is 32.2 Å². The van der Waals surface area contributed by atoms with Gasteiger partial charge in [0.2, 0.25) is 10.0 Å². The molecule has 0 amide bonds. The number of hydrazone groups is 1. The standard InChI is InChI=1S/C31H35FN8O2S/c1-7-34-15-19(2)11-24(18-33-5)20(3)16-35-30-21(4)28(39-40-30)31-37-27-10-8-9-26(29(27)38-31)23-12-22(13-25(32)14-23)17-36-43(6,41)42/h8-14,16,18,34,36H,4-5,7,15,17H2,1-3,6H3,(H,35,40)(H,37,38)/b19-11+,20-16+,24-18+. The first-order chi connectivity index (χ1) is 20.5. The van der Waals surface area contributed by atoms with Crippen LogP contribution in [0.5, 0.6) is 0 Å². The molecule has 0 fully saturated rings. The van der Waals surface area contributed by atoms with E-state index in [-0.39, 0.29) is 6.54 Å². The van der Waals surface area contributed by atoms with Gasteiger partial charge < -0.3 is 10.3 Å². The molecule has 0 atom stereocenters. The SMILES string of the molecule is C=N/C=C(\C=C(/C)CNCC)C(/C)=C/N=C1/NN=C(c2nc3c(-c4cc(F)cc(CNS(C)(=O)=O)c4)cccc3[nH]2)C1=C. The van der Waals surface area contributed by atoms with E-state index < -0.39 is 15.8 Å². The fourth-order valence-corrected chi connectivity index (χ4v) is 4.81. The molecule has 4 N–H and O–H groups in total. The monoisotopic (exact) mass is 602 g/mol. The summed E-state index contributed by atoms with van der Waals surface area (Å²) in [6.45, 7) is 15.4. The van der Waals surface area contributed by atoms with Gasteiger partial charge in [-0.25, -0.2) is 27.5 Å². The summed E-state index contributed by atoms with van der Waals surface area (Å²) in [5.74, 6) is 0.463. The molecule has 0 spiro atoms. The first-order valence-corrected chi connectivity index (χ1v) is 15.4. The predicted octanol–water partition coefficient (Wildman–Crippen LogP) is 4.72. The lowest BCUT2D eigenvalue weighted by molar-refractivity contribution is 0.586. The van der Waals surface area contributed by atoms with Crippen molar-refractivity contribution in [3.63, 3.8) is 0 Å². The summed E-state index contributed by atoms with van der Waals surface area (Å²) in [7, 11) is -3.43. The Balaban J connectivity index is 1.59. The number of aliphatic imine (C=N–C) groups is 2. The van der Waals surface area contributed by atoms with Gasteiger partial charge >= 0.3 is 0 Å². The number of benzene rings is 2. The summed E-state index contributed by atoms with van der Waals surface area (Å²) < 4.78 is 40.0. The molecule has 43 heavy (non-hydrogen) atoms. The quantitative estimate of drug-likeness (QED) is 0.176. The van der Waals surface area contributed by atoms with Gasteiger partial charge in [-0.3, -0.25) is 10.4 Å². The van der Waals surface area contributed by atoms with Crippen LogP contribution >= 0.6 is 0 Å². The third kappa shape index (κ3) is 8.07. The molecule has 12 heteroatoms. The minimum atomic E-state index is -3.43. The molecule has 1 aliphatic rings. The van der Waals surface area contributed by atoms with Crippen molar-refractivity contribution in [2.75, 3.05) is 19.3 Å². The van der Waals surface area contributed by atoms with Crippen LogP contribution in [-0.2, 0) is 16.6 Å². The smallest absolute Gasteiger partial charge is 0.209 e. The predicted molar refractivity (Wildman–Crippen MR) is 173 cm³/mol. The first kappa shape index (κ1) is 31.4. The van der Waals surface area contributed by atoms with Crippen LogP contribution in [0.15, 0.2) is 98.8 Å². The molecule has 1 aromatic heterocycles. The fraction of sp³-hybridized carbons (Fsp3) is 0.226. The number of aromatic nitrogens is 2. The second-order valence-electron chi connectivity index (χ2n) is 10.1. The van der Waals surface area contributed by atoms with E-state index in [0.29, 0.717) is 45.2 Å². The van der Waals surface area contributed by atoms with Gasteiger partial charge in [0.05, 0.1) is 17.3 Å². The molecule has 1 aliphatic heterocycles. The van der Waals surface area contributed by atoms with Crippen LogP contribution in [0.3, 0.4) is 0 Å². The van der Waals surface area contributed by atoms with Crippen molar-refractivity contribution in [2.24, 2.45) is 15.1 Å². The Hall–Kier alpha value is -4.52. The normalized spacial score (nSPS) is 15.7. The highest BCUT2D eigenvalue weighted by atomic mass is 32.2. The number of amidine groups is 1. The summed E-state index contributed by atoms with van der Waals surface area (Å²) in [6.07, 6.45) is 6.51. The molecular weight excluding hydrogens is 567 g/mol. The van der Waals surface area contributed by atoms with Crippen molar-refractivity contribution in [1.29, 1.82) is 0 Å². The van der Waals surface area contributed by atoms with Crippen LogP contribution in [0.25, 0.3) is 22.2 Å². The second-order valence-corrected chi connectivity index (χ2v) is 11.9. The average molecular weight is 603 g/mol. The van der Waals surface area contributed by atoms with Gasteiger partial charge in [0, 0.05) is 36.6 Å². The maximum atomic E-state index is 14.5. The third-order valence-electron chi connectivity index (χ3n) is 6.52. The highest BCUT2D eigenvalue weighted by molar-refractivity contribution is 7.88. The Bertz CT molecular complexity index is 1830. The summed E-state index contributed by atoms with van der Waals surface area (Å²) in [6, 6.07) is 9.95. The zero-order valence-electron chi connectivity index (χ0n) is 24.6. The number of nitrogens with zero attached hydrogens (tertiary/aromatic N) is 4. The fourth-order valence-electron chi connectivity index (χ4n) is 4.38. The minimum absolute atomic E-state index is 0.0307. The van der Waals surface area contributed by atoms with Gasteiger partial charge in [0.15, 0.2) is 11.7 Å². The molecule has 224 valence electrons. The van der Waals surface area contributed by atoms with E-state index in [9.17, 15) is 12.8 Å². The number of imidazole rings is 1. The van der Waals surface area contributed by atoms with Crippen molar-refractivity contribution in [3.8, 4) is 11.1 Å². The number of hydrogen-bond acceptors (Lipinski definition) is 7. The summed E-state index contributed by atoms with van der Waals surface area (Å²) >= 11 is 0. The van der Waals surface area contributed by atoms with Crippen molar-refractivity contribution < 1.29 is 12.8 Å². The topological polar surface area (TPSA) is 136 Å². The molecule has 4 rings (SSSR count). The van der Waals surface area contributed by atoms with Crippen molar-refractivity contribution in [2.45, 2.75) is 27.3 Å². The van der Waals surface area contributed by atoms with Crippen LogP contribution < -0.4 is 15.5 Å². The summed E-state index contributed by atoms with van der Waals surface area (Å²) in [5, 5.41) is 7.71. The maximum Gasteiger partial charge on any atom is 0.209 e. The highest BCUT2D eigenvalue weighted by Crippen LogP contribution is 2.29. The Kier molecular flexibility index (Phi) is 9.96. The van der Waals surface area contributed by atoms with E-state index in [1.54, 1.807) is 18.5 Å². The van der Waals surface area contributed by atoms with Gasteiger partial charge in [0.1, 0.15) is 11.5 Å². The van der Waals surface area contributed by atoms with Crippen LogP contribution in [0.4, 0.5) is 4.39 Å². The molecular formula is C31H35FN8O2S. The van der Waals surface area contributed by atoms with Crippen LogP contribution in [-0.4, -0.2) is 56.0 Å². The number of hydrogen-bond donors (Lipinski definition) is 4. The number of para-hydroxylation sites is 1. The Labute approximate surface area is 251 Å². The lowest BCUT2D eigenvalue weighted by atomic mass is 10.0. The lowest BCUT2D eigenvalue weighted by Crippen LogP contribution is -2.21. The van der Waals surface area contributed by atoms with Crippen molar-refractivity contribution in [3.05, 3.63) is 101 Å². The number of aromatic amines is 1. The van der Waals surface area contributed by atoms with Crippen LogP contribution in [0.2, 0.25) is 0 Å². The zero-order chi connectivity index (χ0) is 31.1. The largest absolute Gasteiger partial charge is 0.337 e. The molecule has 0 radical (unpaired) electrons. The number of nitrogens with one attached hydrogen (secondary N) is 4. The number of rotatable bonds is 12. The Morgan fingerprint density at radius 3 is 2.70 bits per heavy atom. The van der Waals surface area contributed by atoms with E-state index in [1.807, 2.05) is 38.1 Å². The average Bonchev–Trinajstić information content (AvgIpc) is 3.55. The molecule has 3 aromatic rings. The number of halogens is 1. The molecule has 0 unspecified atom stereocenters. The highest BCUT2D eigenvalue weighted by Gasteiger charge is 2.23. The number of sulfonamides is 1. The number of allylic oxidation sites excluding steroid dienone is 3. The molecule has 0 saturated carbocycles. The number of fused-ring (bicyclic) bond motifs is 1. The third-order valence-corrected chi connectivity index (χ3v) is 7.19. The van der Waals surface area contributed by atoms with Crippen molar-refractivity contribution >= 4 is 39.3 Å². The van der Waals surface area contributed by atoms with E-state index in [0.717, 1.165) is 41.6 Å². The molecule has 0 aliphatic carbocycles. The zero-order valence-corrected chi connectivity index (χ0v) is 25.4. The molecule has 2 aromatic carbocycles. The second kappa shape index (κ2) is 13.6. The molecule has 0 bridgehead atoms. The van der Waals surface area contributed by atoms with Gasteiger partial charge in [-0.05, 0) is 73.6 Å². The Morgan fingerprint density at radius 1 is 1.19 bits per heavy atom. The van der Waals surface area contributed by atoms with Crippen LogP contribution in [0, 0.1) is 5.82 Å². The van der Waals surface area contributed by atoms with E-state index in [4.69, 9.17) is 4.98 Å². The van der Waals surface area contributed by atoms with Gasteiger partial charge in [-0.15, -0.1) is 0 Å². The van der Waals surface area contributed by atoms with Gasteiger partial charge in [-0.1, -0.05) is 37.3 Å². The van der Waals surface area contributed by atoms with Gasteiger partial charge in [-0.2, -0.15) is 5.10 Å². The summed E-state index contributed by atoms with van der Waals surface area (Å²) in [4.78, 5) is 16.5. The maximum absolute atomic E-state index is 14.5. The first-order valence-electron chi connectivity index (χ1n) is 13.5. The minimum Gasteiger partial charge on any atom is -0.337 e. The van der Waals surface area contributed by atoms with E-state index >= 15 is 0 Å². The molecule has 0 saturated heterocycles. The van der Waals surface area contributed by atoms with E-state index in [2.05, 4.69) is 55.8 Å². The lowest BCUT2D eigenvalue weighted by Gasteiger charge is -2.08. The van der Waals surface area contributed by atoms with E-state index in [1.165, 1.54) is 12.1 Å².